The average molecular weight is 387 g/mol. The molecule has 1 aliphatic rings. The molecule has 1 aliphatic carbocycles. The zero-order chi connectivity index (χ0) is 18.9. The summed E-state index contributed by atoms with van der Waals surface area (Å²) in [4.78, 5) is 0. The first-order valence-electron chi connectivity index (χ1n) is 8.38. The molecule has 134 valence electrons. The maximum absolute atomic E-state index is 13.6. The van der Waals surface area contributed by atoms with E-state index in [0.717, 1.165) is 34.4 Å². The van der Waals surface area contributed by atoms with Crippen LogP contribution in [-0.4, -0.2) is 0 Å². The van der Waals surface area contributed by atoms with Crippen LogP contribution in [0.5, 0.6) is 0 Å². The summed E-state index contributed by atoms with van der Waals surface area (Å²) in [6, 6.07) is 11.8. The third-order valence-corrected chi connectivity index (χ3v) is 5.67. The van der Waals surface area contributed by atoms with Crippen molar-refractivity contribution >= 4 is 33.1 Å². The standard InChI is InChI=1S/C22H11ClF4/c23-22-16-4-12-8-20(26)18(24)6-10(12)1-14(16)3-15-2-11-7-19(25)21(27)9-13(11)5-17(15)22/h1-2,4-9,22H,3H2. The normalized spacial score (nSPS) is 13.8. The van der Waals surface area contributed by atoms with Crippen molar-refractivity contribution in [2.24, 2.45) is 0 Å². The van der Waals surface area contributed by atoms with E-state index in [1.807, 2.05) is 0 Å². The SMILES string of the molecule is Fc1cc2cc3c(cc2cc1F)C(Cl)c1cc2cc(F)c(F)cc2cc1C3. The summed E-state index contributed by atoms with van der Waals surface area (Å²) in [5.41, 5.74) is 3.43. The molecule has 5 rings (SSSR count). The predicted octanol–water partition coefficient (Wildman–Crippen LogP) is 6.78. The Balaban J connectivity index is 1.72. The second-order valence-corrected chi connectivity index (χ2v) is 7.30. The van der Waals surface area contributed by atoms with Gasteiger partial charge in [-0.15, -0.1) is 11.6 Å². The van der Waals surface area contributed by atoms with E-state index in [2.05, 4.69) is 0 Å². The van der Waals surface area contributed by atoms with Crippen LogP contribution in [-0.2, 0) is 6.42 Å². The highest BCUT2D eigenvalue weighted by atomic mass is 35.5. The minimum Gasteiger partial charge on any atom is -0.204 e. The first kappa shape index (κ1) is 16.6. The number of halogens is 5. The summed E-state index contributed by atoms with van der Waals surface area (Å²) >= 11 is 6.68. The molecule has 0 spiro atoms. The van der Waals surface area contributed by atoms with Gasteiger partial charge in [-0.05, 0) is 86.6 Å². The molecule has 4 aromatic carbocycles. The molecule has 0 amide bonds. The van der Waals surface area contributed by atoms with Crippen LogP contribution in [0.2, 0.25) is 0 Å². The molecule has 0 radical (unpaired) electrons. The van der Waals surface area contributed by atoms with Gasteiger partial charge < -0.3 is 0 Å². The van der Waals surface area contributed by atoms with Crippen LogP contribution in [0, 0.1) is 23.3 Å². The number of rotatable bonds is 0. The van der Waals surface area contributed by atoms with Gasteiger partial charge in [-0.25, -0.2) is 17.6 Å². The number of hydrogen-bond donors (Lipinski definition) is 0. The molecule has 0 N–H and O–H groups in total. The lowest BCUT2D eigenvalue weighted by Crippen LogP contribution is -2.10. The molecule has 4 aromatic rings. The zero-order valence-corrected chi connectivity index (χ0v) is 14.5. The van der Waals surface area contributed by atoms with Gasteiger partial charge in [0.15, 0.2) is 23.3 Å². The summed E-state index contributed by atoms with van der Waals surface area (Å²) in [6.45, 7) is 0. The maximum Gasteiger partial charge on any atom is 0.159 e. The summed E-state index contributed by atoms with van der Waals surface area (Å²) in [6.07, 6.45) is 0.526. The fourth-order valence-electron chi connectivity index (χ4n) is 3.87. The van der Waals surface area contributed by atoms with E-state index < -0.39 is 28.6 Å². The summed E-state index contributed by atoms with van der Waals surface area (Å²) in [7, 11) is 0. The Hall–Kier alpha value is -2.59. The van der Waals surface area contributed by atoms with Crippen molar-refractivity contribution in [3.05, 3.63) is 94.1 Å². The highest BCUT2D eigenvalue weighted by molar-refractivity contribution is 6.23. The van der Waals surface area contributed by atoms with E-state index in [1.165, 1.54) is 12.1 Å². The molecule has 0 fully saturated rings. The Morgan fingerprint density at radius 3 is 1.26 bits per heavy atom. The fraction of sp³-hybridized carbons (Fsp3) is 0.0909. The van der Waals surface area contributed by atoms with Gasteiger partial charge in [-0.2, -0.15) is 0 Å². The minimum atomic E-state index is -0.909. The molecule has 0 nitrogen and oxygen atoms in total. The molecule has 0 saturated carbocycles. The Kier molecular flexibility index (Phi) is 3.50. The van der Waals surface area contributed by atoms with Crippen molar-refractivity contribution < 1.29 is 17.6 Å². The second kappa shape index (κ2) is 5.70. The highest BCUT2D eigenvalue weighted by Gasteiger charge is 2.25. The number of alkyl halides is 1. The Labute approximate surface area is 157 Å². The molecule has 0 saturated heterocycles. The van der Waals surface area contributed by atoms with Gasteiger partial charge >= 0.3 is 0 Å². The molecule has 0 aliphatic heterocycles. The number of fused-ring (bicyclic) bond motifs is 4. The minimum absolute atomic E-state index is 0.515. The van der Waals surface area contributed by atoms with Gasteiger partial charge in [0.1, 0.15) is 0 Å². The fourth-order valence-corrected chi connectivity index (χ4v) is 4.27. The third-order valence-electron chi connectivity index (χ3n) is 5.20. The largest absolute Gasteiger partial charge is 0.204 e. The van der Waals surface area contributed by atoms with Crippen LogP contribution in [0.25, 0.3) is 21.5 Å². The van der Waals surface area contributed by atoms with Crippen molar-refractivity contribution in [2.45, 2.75) is 11.8 Å². The topological polar surface area (TPSA) is 0 Å². The Bertz CT molecular complexity index is 1170. The van der Waals surface area contributed by atoms with Gasteiger partial charge in [0, 0.05) is 0 Å². The zero-order valence-electron chi connectivity index (χ0n) is 13.8. The smallest absolute Gasteiger partial charge is 0.159 e. The summed E-state index contributed by atoms with van der Waals surface area (Å²) in [5.74, 6) is -3.62. The van der Waals surface area contributed by atoms with Gasteiger partial charge in [0.2, 0.25) is 0 Å². The van der Waals surface area contributed by atoms with Crippen LogP contribution in [0.15, 0.2) is 48.5 Å². The lowest BCUT2D eigenvalue weighted by Gasteiger charge is -2.26. The van der Waals surface area contributed by atoms with Crippen LogP contribution in [0.4, 0.5) is 17.6 Å². The first-order valence-corrected chi connectivity index (χ1v) is 8.81. The molecular formula is C22H11ClF4. The number of hydrogen-bond acceptors (Lipinski definition) is 0. The van der Waals surface area contributed by atoms with Gasteiger partial charge in [0.05, 0.1) is 5.38 Å². The van der Waals surface area contributed by atoms with E-state index in [9.17, 15) is 17.6 Å². The van der Waals surface area contributed by atoms with Gasteiger partial charge in [-0.1, -0.05) is 12.1 Å². The first-order chi connectivity index (χ1) is 12.9. The monoisotopic (exact) mass is 386 g/mol. The van der Waals surface area contributed by atoms with Crippen molar-refractivity contribution in [1.29, 1.82) is 0 Å². The highest BCUT2D eigenvalue weighted by Crippen LogP contribution is 2.42. The molecular weight excluding hydrogens is 376 g/mol. The molecule has 27 heavy (non-hydrogen) atoms. The van der Waals surface area contributed by atoms with E-state index in [4.69, 9.17) is 11.6 Å². The van der Waals surface area contributed by atoms with E-state index >= 15 is 0 Å². The molecule has 0 aromatic heterocycles. The van der Waals surface area contributed by atoms with Crippen molar-refractivity contribution in [2.75, 3.05) is 0 Å². The van der Waals surface area contributed by atoms with Gasteiger partial charge in [-0.3, -0.25) is 0 Å². The van der Waals surface area contributed by atoms with Crippen molar-refractivity contribution in [3.63, 3.8) is 0 Å². The van der Waals surface area contributed by atoms with E-state index in [-0.39, 0.29) is 0 Å². The lowest BCUT2D eigenvalue weighted by molar-refractivity contribution is 0.511. The van der Waals surface area contributed by atoms with Crippen LogP contribution < -0.4 is 0 Å². The van der Waals surface area contributed by atoms with Crippen LogP contribution in [0.3, 0.4) is 0 Å². The second-order valence-electron chi connectivity index (χ2n) is 6.87. The maximum atomic E-state index is 13.6. The van der Waals surface area contributed by atoms with Crippen LogP contribution in [0.1, 0.15) is 27.6 Å². The van der Waals surface area contributed by atoms with Gasteiger partial charge in [0.25, 0.3) is 0 Å². The molecule has 0 bridgehead atoms. The molecule has 0 unspecified atom stereocenters. The quantitative estimate of drug-likeness (QED) is 0.231. The summed E-state index contributed by atoms with van der Waals surface area (Å²) in [5, 5.41) is 1.80. The summed E-state index contributed by atoms with van der Waals surface area (Å²) < 4.78 is 54.3. The third kappa shape index (κ3) is 2.51. The predicted molar refractivity (Wildman–Crippen MR) is 98.2 cm³/mol. The van der Waals surface area contributed by atoms with E-state index in [1.54, 1.807) is 24.3 Å². The average Bonchev–Trinajstić information content (AvgIpc) is 2.62. The Morgan fingerprint density at radius 1 is 0.556 bits per heavy atom. The van der Waals surface area contributed by atoms with Crippen LogP contribution >= 0.6 is 11.6 Å². The molecule has 0 atom stereocenters. The lowest BCUT2D eigenvalue weighted by atomic mass is 9.83. The Morgan fingerprint density at radius 2 is 0.889 bits per heavy atom. The molecule has 5 heteroatoms. The van der Waals surface area contributed by atoms with Crippen molar-refractivity contribution in [3.8, 4) is 0 Å². The molecule has 0 heterocycles. The number of benzene rings is 4. The van der Waals surface area contributed by atoms with Crippen molar-refractivity contribution in [1.82, 2.24) is 0 Å². The van der Waals surface area contributed by atoms with E-state index in [0.29, 0.717) is 28.0 Å².